The highest BCUT2D eigenvalue weighted by Crippen LogP contribution is 2.22. The van der Waals surface area contributed by atoms with Crippen LogP contribution in [0.1, 0.15) is 16.4 Å². The zero-order chi connectivity index (χ0) is 17.9. The number of halogens is 1. The van der Waals surface area contributed by atoms with Crippen LogP contribution in [0.4, 0.5) is 4.39 Å². The van der Waals surface area contributed by atoms with Gasteiger partial charge in [-0.1, -0.05) is 12.1 Å². The topological polar surface area (TPSA) is 70.9 Å². The van der Waals surface area contributed by atoms with Gasteiger partial charge in [0.25, 0.3) is 5.91 Å². The lowest BCUT2D eigenvalue weighted by molar-refractivity contribution is 0.0927. The van der Waals surface area contributed by atoms with Crippen LogP contribution >= 0.6 is 0 Å². The molecule has 26 heavy (non-hydrogen) atoms. The van der Waals surface area contributed by atoms with Crippen molar-refractivity contribution in [2.75, 3.05) is 6.54 Å². The smallest absolute Gasteiger partial charge is 0.287 e. The average molecular weight is 349 g/mol. The van der Waals surface area contributed by atoms with Gasteiger partial charge in [-0.3, -0.25) is 4.79 Å². The lowest BCUT2D eigenvalue weighted by atomic mass is 10.2. The van der Waals surface area contributed by atoms with Crippen molar-refractivity contribution in [1.82, 2.24) is 15.3 Å². The number of imidazole rings is 1. The number of fused-ring (bicyclic) bond motifs is 1. The van der Waals surface area contributed by atoms with Crippen LogP contribution in [0.5, 0.6) is 0 Å². The number of hydrogen-bond acceptors (Lipinski definition) is 3. The Morgan fingerprint density at radius 1 is 1.08 bits per heavy atom. The molecule has 2 aromatic carbocycles. The molecule has 2 N–H and O–H groups in total. The fourth-order valence-electron chi connectivity index (χ4n) is 2.73. The van der Waals surface area contributed by atoms with Gasteiger partial charge in [0.2, 0.25) is 0 Å². The molecule has 0 fully saturated rings. The van der Waals surface area contributed by atoms with E-state index in [9.17, 15) is 9.18 Å². The van der Waals surface area contributed by atoms with Gasteiger partial charge in [0.1, 0.15) is 17.4 Å². The van der Waals surface area contributed by atoms with Gasteiger partial charge in [0, 0.05) is 18.5 Å². The van der Waals surface area contributed by atoms with Gasteiger partial charge in [0.15, 0.2) is 5.76 Å². The molecule has 0 aliphatic heterocycles. The second-order valence-corrected chi connectivity index (χ2v) is 5.88. The summed E-state index contributed by atoms with van der Waals surface area (Å²) in [5.74, 6) is 0.942. The van der Waals surface area contributed by atoms with Crippen LogP contribution in [0.15, 0.2) is 65.1 Å². The first-order valence-corrected chi connectivity index (χ1v) is 8.27. The minimum atomic E-state index is -0.316. The number of carbonyl (C=O) groups is 1. The lowest BCUT2D eigenvalue weighted by Crippen LogP contribution is -2.25. The minimum absolute atomic E-state index is 0.217. The number of nitrogens with zero attached hydrogens (tertiary/aromatic N) is 1. The van der Waals surface area contributed by atoms with Crippen LogP contribution in [-0.2, 0) is 6.42 Å². The molecule has 4 aromatic rings. The predicted molar refractivity (Wildman–Crippen MR) is 96.2 cm³/mol. The molecule has 0 aliphatic rings. The third kappa shape index (κ3) is 3.35. The molecule has 6 heteroatoms. The molecule has 0 unspecified atom stereocenters. The summed E-state index contributed by atoms with van der Waals surface area (Å²) < 4.78 is 18.5. The fourth-order valence-corrected chi connectivity index (χ4v) is 2.73. The molecule has 0 saturated heterocycles. The quantitative estimate of drug-likeness (QED) is 0.573. The Bertz CT molecular complexity index is 1020. The van der Waals surface area contributed by atoms with Crippen molar-refractivity contribution in [1.29, 1.82) is 0 Å². The number of benzene rings is 2. The highest BCUT2D eigenvalue weighted by molar-refractivity contribution is 5.92. The number of rotatable bonds is 5. The minimum Gasteiger partial charge on any atom is -0.451 e. The Kier molecular flexibility index (Phi) is 4.23. The highest BCUT2D eigenvalue weighted by Gasteiger charge is 2.12. The monoisotopic (exact) mass is 349 g/mol. The van der Waals surface area contributed by atoms with Crippen molar-refractivity contribution in [3.05, 3.63) is 78.1 Å². The Morgan fingerprint density at radius 3 is 2.69 bits per heavy atom. The molecule has 5 nitrogen and oxygen atoms in total. The number of para-hydroxylation sites is 2. The van der Waals surface area contributed by atoms with Gasteiger partial charge in [-0.05, 0) is 48.5 Å². The molecular weight excluding hydrogens is 333 g/mol. The molecule has 0 atom stereocenters. The molecule has 0 spiro atoms. The molecule has 0 aliphatic carbocycles. The Morgan fingerprint density at radius 2 is 1.88 bits per heavy atom. The van der Waals surface area contributed by atoms with E-state index in [-0.39, 0.29) is 17.5 Å². The summed E-state index contributed by atoms with van der Waals surface area (Å²) in [5.41, 5.74) is 2.60. The summed E-state index contributed by atoms with van der Waals surface area (Å²) in [6, 6.07) is 17.0. The zero-order valence-electron chi connectivity index (χ0n) is 13.8. The Hall–Kier alpha value is -3.41. The molecule has 1 amide bonds. The Balaban J connectivity index is 1.37. The maximum absolute atomic E-state index is 13.0. The van der Waals surface area contributed by atoms with Crippen molar-refractivity contribution in [2.45, 2.75) is 6.42 Å². The number of aromatic amines is 1. The molecule has 0 saturated carbocycles. The summed E-state index contributed by atoms with van der Waals surface area (Å²) in [6.07, 6.45) is 0.589. The number of amides is 1. The zero-order valence-corrected chi connectivity index (χ0v) is 13.8. The average Bonchev–Trinajstić information content (AvgIpc) is 3.29. The second kappa shape index (κ2) is 6.84. The predicted octanol–water partition coefficient (Wildman–Crippen LogP) is 3.93. The first-order chi connectivity index (χ1) is 12.7. The van der Waals surface area contributed by atoms with Crippen molar-refractivity contribution < 1.29 is 13.6 Å². The standard InChI is InChI=1S/C20H16FN3O2/c21-14-7-5-13(6-8-14)17-9-10-18(26-17)20(25)22-12-11-19-23-15-3-1-2-4-16(15)24-19/h1-10H,11-12H2,(H,22,25)(H,23,24). The number of aromatic nitrogens is 2. The van der Waals surface area contributed by atoms with E-state index in [2.05, 4.69) is 15.3 Å². The first-order valence-electron chi connectivity index (χ1n) is 8.27. The molecule has 4 rings (SSSR count). The van der Waals surface area contributed by atoms with E-state index in [4.69, 9.17) is 4.42 Å². The van der Waals surface area contributed by atoms with E-state index in [0.717, 1.165) is 16.9 Å². The summed E-state index contributed by atoms with van der Waals surface area (Å²) in [4.78, 5) is 19.9. The van der Waals surface area contributed by atoms with Crippen molar-refractivity contribution >= 4 is 16.9 Å². The SMILES string of the molecule is O=C(NCCc1nc2ccccc2[nH]1)c1ccc(-c2ccc(F)cc2)o1. The molecule has 0 bridgehead atoms. The van der Waals surface area contributed by atoms with Crippen LogP contribution in [0.25, 0.3) is 22.4 Å². The molecule has 0 radical (unpaired) electrons. The van der Waals surface area contributed by atoms with E-state index in [1.807, 2.05) is 24.3 Å². The van der Waals surface area contributed by atoms with Crippen LogP contribution in [-0.4, -0.2) is 22.4 Å². The third-order valence-electron chi connectivity index (χ3n) is 4.04. The number of furan rings is 1. The van der Waals surface area contributed by atoms with Crippen molar-refractivity contribution in [3.8, 4) is 11.3 Å². The van der Waals surface area contributed by atoms with Crippen LogP contribution in [0, 0.1) is 5.82 Å². The Labute approximate surface area is 148 Å². The third-order valence-corrected chi connectivity index (χ3v) is 4.04. The number of hydrogen-bond donors (Lipinski definition) is 2. The van der Waals surface area contributed by atoms with Crippen molar-refractivity contribution in [2.24, 2.45) is 0 Å². The van der Waals surface area contributed by atoms with Crippen molar-refractivity contribution in [3.63, 3.8) is 0 Å². The summed E-state index contributed by atoms with van der Waals surface area (Å²) in [5, 5.41) is 2.81. The van der Waals surface area contributed by atoms with E-state index in [1.165, 1.54) is 12.1 Å². The largest absolute Gasteiger partial charge is 0.451 e. The second-order valence-electron chi connectivity index (χ2n) is 5.88. The number of carbonyl (C=O) groups excluding carboxylic acids is 1. The van der Waals surface area contributed by atoms with E-state index in [0.29, 0.717) is 24.3 Å². The molecule has 2 heterocycles. The van der Waals surface area contributed by atoms with Crippen LogP contribution in [0.2, 0.25) is 0 Å². The number of nitrogens with one attached hydrogen (secondary N) is 2. The lowest BCUT2D eigenvalue weighted by Gasteiger charge is -2.01. The van der Waals surface area contributed by atoms with Gasteiger partial charge in [-0.2, -0.15) is 0 Å². The van der Waals surface area contributed by atoms with Gasteiger partial charge < -0.3 is 14.7 Å². The van der Waals surface area contributed by atoms with Crippen LogP contribution in [0.3, 0.4) is 0 Å². The molecule has 130 valence electrons. The summed E-state index contributed by atoms with van der Waals surface area (Å²) in [6.45, 7) is 0.436. The maximum atomic E-state index is 13.0. The molecule has 2 aromatic heterocycles. The van der Waals surface area contributed by atoms with E-state index in [1.54, 1.807) is 24.3 Å². The first kappa shape index (κ1) is 16.1. The summed E-state index contributed by atoms with van der Waals surface area (Å²) >= 11 is 0. The van der Waals surface area contributed by atoms with Gasteiger partial charge >= 0.3 is 0 Å². The summed E-state index contributed by atoms with van der Waals surface area (Å²) in [7, 11) is 0. The van der Waals surface area contributed by atoms with E-state index >= 15 is 0 Å². The molecular formula is C20H16FN3O2. The fraction of sp³-hybridized carbons (Fsp3) is 0.100. The maximum Gasteiger partial charge on any atom is 0.287 e. The van der Waals surface area contributed by atoms with Gasteiger partial charge in [0.05, 0.1) is 11.0 Å². The van der Waals surface area contributed by atoms with E-state index < -0.39 is 0 Å². The number of H-pyrrole nitrogens is 1. The van der Waals surface area contributed by atoms with Crippen LogP contribution < -0.4 is 5.32 Å². The van der Waals surface area contributed by atoms with Gasteiger partial charge in [-0.15, -0.1) is 0 Å². The van der Waals surface area contributed by atoms with Gasteiger partial charge in [-0.25, -0.2) is 9.37 Å². The normalized spacial score (nSPS) is 11.0. The highest BCUT2D eigenvalue weighted by atomic mass is 19.1.